The Balaban J connectivity index is 3.98. The van der Waals surface area contributed by atoms with Gasteiger partial charge in [-0.25, -0.2) is 4.79 Å². The first-order chi connectivity index (χ1) is 5.65. The van der Waals surface area contributed by atoms with Crippen LogP contribution < -0.4 is 0 Å². The summed E-state index contributed by atoms with van der Waals surface area (Å²) in [5.41, 5.74) is -0.00648. The van der Waals surface area contributed by atoms with Gasteiger partial charge in [-0.1, -0.05) is 13.5 Å². The van der Waals surface area contributed by atoms with Crippen molar-refractivity contribution >= 4 is 25.5 Å². The molecular weight excluding hydrogens is 188 g/mol. The molecule has 2 atom stereocenters. The molecule has 0 aromatic heterocycles. The molecule has 0 aromatic carbocycles. The molecule has 0 saturated carbocycles. The number of esters is 1. The van der Waals surface area contributed by atoms with Gasteiger partial charge in [-0.3, -0.25) is 0 Å². The molecule has 0 radical (unpaired) electrons. The molecule has 0 amide bonds. The van der Waals surface area contributed by atoms with Gasteiger partial charge in [0.05, 0.1) is 0 Å². The van der Waals surface area contributed by atoms with Gasteiger partial charge in [0.2, 0.25) is 9.04 Å². The Morgan fingerprint density at radius 2 is 2.42 bits per heavy atom. The standard InChI is InChI=1S/C7H16O3Si2/c1-4-6(8)9-7(5-2)12(3)10-11/h4,7,12H,1,5H2,2-3,11H3. The van der Waals surface area contributed by atoms with Crippen LogP contribution in [0.1, 0.15) is 13.3 Å². The van der Waals surface area contributed by atoms with Gasteiger partial charge < -0.3 is 8.85 Å². The number of hydrogen-bond acceptors (Lipinski definition) is 3. The maximum Gasteiger partial charge on any atom is 0.330 e. The van der Waals surface area contributed by atoms with Crippen LogP contribution in [-0.4, -0.2) is 31.2 Å². The molecule has 0 bridgehead atoms. The molecule has 2 unspecified atom stereocenters. The zero-order valence-electron chi connectivity index (χ0n) is 7.87. The lowest BCUT2D eigenvalue weighted by atomic mass is 10.5. The molecule has 0 aliphatic heterocycles. The quantitative estimate of drug-likeness (QED) is 0.350. The number of hydrogen-bond donors (Lipinski definition) is 0. The molecule has 0 fully saturated rings. The second kappa shape index (κ2) is 6.16. The van der Waals surface area contributed by atoms with Gasteiger partial charge in [0, 0.05) is 6.08 Å². The van der Waals surface area contributed by atoms with Crippen molar-refractivity contribution < 1.29 is 13.6 Å². The average molecular weight is 204 g/mol. The van der Waals surface area contributed by atoms with E-state index in [9.17, 15) is 4.79 Å². The first kappa shape index (κ1) is 11.6. The molecule has 0 aromatic rings. The summed E-state index contributed by atoms with van der Waals surface area (Å²) in [7, 11) is -0.574. The lowest BCUT2D eigenvalue weighted by Gasteiger charge is -2.19. The van der Waals surface area contributed by atoms with E-state index in [1.807, 2.05) is 13.5 Å². The first-order valence-electron chi connectivity index (χ1n) is 4.01. The van der Waals surface area contributed by atoms with Gasteiger partial charge in [-0.05, 0) is 13.0 Å². The maximum absolute atomic E-state index is 10.8. The summed E-state index contributed by atoms with van der Waals surface area (Å²) in [6.07, 6.45) is 2.02. The van der Waals surface area contributed by atoms with Crippen molar-refractivity contribution in [2.75, 3.05) is 0 Å². The smallest absolute Gasteiger partial charge is 0.330 e. The van der Waals surface area contributed by atoms with Crippen molar-refractivity contribution in [1.82, 2.24) is 0 Å². The summed E-state index contributed by atoms with van der Waals surface area (Å²) in [6, 6.07) is 0. The van der Waals surface area contributed by atoms with Crippen LogP contribution in [0.25, 0.3) is 0 Å². The maximum atomic E-state index is 10.8. The predicted molar refractivity (Wildman–Crippen MR) is 54.4 cm³/mol. The largest absolute Gasteiger partial charge is 0.463 e. The highest BCUT2D eigenvalue weighted by molar-refractivity contribution is 6.55. The Morgan fingerprint density at radius 3 is 2.75 bits per heavy atom. The van der Waals surface area contributed by atoms with Crippen molar-refractivity contribution in [3.05, 3.63) is 12.7 Å². The number of ether oxygens (including phenoxy) is 1. The Morgan fingerprint density at radius 1 is 1.83 bits per heavy atom. The van der Waals surface area contributed by atoms with Gasteiger partial charge in [0.25, 0.3) is 0 Å². The molecule has 0 aliphatic carbocycles. The SMILES string of the molecule is C=CC(=O)OC(CC)[SiH](C)O[SiH3]. The molecule has 0 heterocycles. The number of carbonyl (C=O) groups excluding carboxylic acids is 1. The lowest BCUT2D eigenvalue weighted by Crippen LogP contribution is -2.34. The van der Waals surface area contributed by atoms with E-state index < -0.39 is 9.04 Å². The summed E-state index contributed by atoms with van der Waals surface area (Å²) < 4.78 is 10.4. The molecule has 5 heteroatoms. The molecule has 12 heavy (non-hydrogen) atoms. The Kier molecular flexibility index (Phi) is 5.95. The normalized spacial score (nSPS) is 15.2. The highest BCUT2D eigenvalue weighted by Crippen LogP contribution is 2.04. The van der Waals surface area contributed by atoms with Crippen LogP contribution in [0, 0.1) is 0 Å². The average Bonchev–Trinajstić information content (AvgIpc) is 2.12. The van der Waals surface area contributed by atoms with Crippen LogP contribution in [0.2, 0.25) is 6.55 Å². The van der Waals surface area contributed by atoms with Crippen LogP contribution in [-0.2, 0) is 13.6 Å². The Bertz CT molecular complexity index is 161. The van der Waals surface area contributed by atoms with Gasteiger partial charge in [0.1, 0.15) is 16.2 Å². The van der Waals surface area contributed by atoms with Crippen LogP contribution in [0.5, 0.6) is 0 Å². The first-order valence-corrected chi connectivity index (χ1v) is 7.12. The van der Waals surface area contributed by atoms with Gasteiger partial charge >= 0.3 is 5.97 Å². The highest BCUT2D eigenvalue weighted by Gasteiger charge is 2.19. The van der Waals surface area contributed by atoms with Crippen molar-refractivity contribution in [1.29, 1.82) is 0 Å². The molecular formula is C7H16O3Si2. The molecule has 70 valence electrons. The Hall–Kier alpha value is -0.396. The molecule has 0 saturated heterocycles. The zero-order valence-corrected chi connectivity index (χ0v) is 11.0. The van der Waals surface area contributed by atoms with Crippen LogP contribution in [0.4, 0.5) is 0 Å². The molecule has 3 nitrogen and oxygen atoms in total. The topological polar surface area (TPSA) is 35.5 Å². The number of rotatable bonds is 5. The van der Waals surface area contributed by atoms with E-state index >= 15 is 0 Å². The minimum Gasteiger partial charge on any atom is -0.463 e. The van der Waals surface area contributed by atoms with E-state index in [2.05, 4.69) is 6.58 Å². The predicted octanol–water partition coefficient (Wildman–Crippen LogP) is -0.316. The van der Waals surface area contributed by atoms with E-state index in [1.54, 1.807) is 0 Å². The molecule has 0 spiro atoms. The van der Waals surface area contributed by atoms with E-state index in [1.165, 1.54) is 6.08 Å². The van der Waals surface area contributed by atoms with E-state index in [-0.39, 0.29) is 11.7 Å². The third-order valence-electron chi connectivity index (χ3n) is 1.73. The summed E-state index contributed by atoms with van der Waals surface area (Å²) in [6.45, 7) is 7.37. The van der Waals surface area contributed by atoms with Crippen LogP contribution in [0.3, 0.4) is 0 Å². The summed E-state index contributed by atoms with van der Waals surface area (Å²) in [5.74, 6) is -0.347. The fraction of sp³-hybridized carbons (Fsp3) is 0.571. The second-order valence-electron chi connectivity index (χ2n) is 2.53. The second-order valence-corrected chi connectivity index (χ2v) is 6.57. The summed E-state index contributed by atoms with van der Waals surface area (Å²) >= 11 is 0. The lowest BCUT2D eigenvalue weighted by molar-refractivity contribution is -0.140. The fourth-order valence-corrected chi connectivity index (χ4v) is 3.06. The summed E-state index contributed by atoms with van der Waals surface area (Å²) in [5, 5.41) is 0. The third-order valence-corrected chi connectivity index (χ3v) is 6.36. The van der Waals surface area contributed by atoms with Crippen molar-refractivity contribution in [2.45, 2.75) is 25.6 Å². The minimum absolute atomic E-state index is 0.00648. The summed E-state index contributed by atoms with van der Waals surface area (Å²) in [4.78, 5) is 10.8. The number of carbonyl (C=O) groups is 1. The van der Waals surface area contributed by atoms with Crippen molar-refractivity contribution in [3.8, 4) is 0 Å². The Labute approximate surface area is 78.0 Å². The van der Waals surface area contributed by atoms with Gasteiger partial charge in [0.15, 0.2) is 0 Å². The fourth-order valence-electron chi connectivity index (χ4n) is 0.860. The highest BCUT2D eigenvalue weighted by atomic mass is 28.3. The van der Waals surface area contributed by atoms with Crippen LogP contribution >= 0.6 is 0 Å². The van der Waals surface area contributed by atoms with Crippen molar-refractivity contribution in [2.24, 2.45) is 0 Å². The van der Waals surface area contributed by atoms with Crippen LogP contribution in [0.15, 0.2) is 12.7 Å². The van der Waals surface area contributed by atoms with E-state index in [4.69, 9.17) is 8.85 Å². The molecule has 0 rings (SSSR count). The minimum atomic E-state index is -1.30. The van der Waals surface area contributed by atoms with Crippen molar-refractivity contribution in [3.63, 3.8) is 0 Å². The van der Waals surface area contributed by atoms with Gasteiger partial charge in [-0.2, -0.15) is 0 Å². The van der Waals surface area contributed by atoms with E-state index in [0.29, 0.717) is 0 Å². The van der Waals surface area contributed by atoms with Gasteiger partial charge in [-0.15, -0.1) is 0 Å². The zero-order chi connectivity index (χ0) is 9.56. The van der Waals surface area contributed by atoms with E-state index in [0.717, 1.165) is 16.9 Å². The molecule has 0 aliphatic rings. The molecule has 0 N–H and O–H groups in total. The third kappa shape index (κ3) is 3.84. The monoisotopic (exact) mass is 204 g/mol.